The van der Waals surface area contributed by atoms with E-state index >= 15 is 0 Å². The van der Waals surface area contributed by atoms with Crippen LogP contribution in [0.15, 0.2) is 42.5 Å². The van der Waals surface area contributed by atoms with Crippen molar-refractivity contribution in [2.45, 2.75) is 18.4 Å². The molecule has 3 rings (SSSR count). The number of amides is 1. The molecule has 0 radical (unpaired) electrons. The molecule has 3 aromatic rings. The van der Waals surface area contributed by atoms with Gasteiger partial charge < -0.3 is 15.7 Å². The van der Waals surface area contributed by atoms with Crippen molar-refractivity contribution in [3.8, 4) is 23.6 Å². The monoisotopic (exact) mass is 429 g/mol. The second-order valence-electron chi connectivity index (χ2n) is 7.71. The summed E-state index contributed by atoms with van der Waals surface area (Å²) in [7, 11) is 3.69. The number of nitrogens with two attached hydrogens (primary N) is 1. The predicted molar refractivity (Wildman–Crippen MR) is 120 cm³/mol. The van der Waals surface area contributed by atoms with Crippen molar-refractivity contribution in [2.24, 2.45) is 5.73 Å². The minimum absolute atomic E-state index is 0.107. The summed E-state index contributed by atoms with van der Waals surface area (Å²) in [5, 5.41) is 24.3. The number of nitriles is 1. The maximum absolute atomic E-state index is 11.9. The van der Waals surface area contributed by atoms with E-state index in [0.29, 0.717) is 35.0 Å². The molecule has 8 heteroatoms. The average molecular weight is 429 g/mol. The van der Waals surface area contributed by atoms with Gasteiger partial charge in [0, 0.05) is 23.9 Å². The van der Waals surface area contributed by atoms with Crippen LogP contribution < -0.4 is 5.73 Å². The molecule has 3 N–H and O–H groups in total. The van der Waals surface area contributed by atoms with Crippen molar-refractivity contribution >= 4 is 23.1 Å². The lowest BCUT2D eigenvalue weighted by Crippen LogP contribution is -2.33. The summed E-state index contributed by atoms with van der Waals surface area (Å²) in [6.07, 6.45) is 0.844. The van der Waals surface area contributed by atoms with Gasteiger partial charge in [-0.15, -0.1) is 0 Å². The first-order valence-corrected chi connectivity index (χ1v) is 9.92. The van der Waals surface area contributed by atoms with Gasteiger partial charge in [-0.25, -0.2) is 4.68 Å². The minimum atomic E-state index is -1.74. The van der Waals surface area contributed by atoms with E-state index in [0.717, 1.165) is 5.56 Å². The molecule has 0 bridgehead atoms. The first kappa shape index (κ1) is 22.7. The number of nitrogens with zero attached hydrogens (tertiary/aromatic N) is 4. The summed E-state index contributed by atoms with van der Waals surface area (Å²) < 4.78 is 1.58. The Balaban J connectivity index is 2.03. The van der Waals surface area contributed by atoms with E-state index in [1.165, 1.54) is 0 Å². The van der Waals surface area contributed by atoms with E-state index in [1.54, 1.807) is 47.1 Å². The van der Waals surface area contributed by atoms with E-state index in [-0.39, 0.29) is 18.5 Å². The van der Waals surface area contributed by atoms with Crippen LogP contribution in [0.25, 0.3) is 16.6 Å². The molecule has 32 heavy (non-hydrogen) atoms. The molecular weight excluding hydrogens is 406 g/mol. The van der Waals surface area contributed by atoms with Crippen LogP contribution in [0.5, 0.6) is 0 Å². The van der Waals surface area contributed by atoms with Crippen LogP contribution in [-0.4, -0.2) is 58.2 Å². The van der Waals surface area contributed by atoms with E-state index in [2.05, 4.69) is 23.0 Å². The summed E-state index contributed by atoms with van der Waals surface area (Å²) >= 11 is 0. The Kier molecular flexibility index (Phi) is 6.70. The number of aliphatic hydroxyl groups is 1. The zero-order chi connectivity index (χ0) is 23.3. The summed E-state index contributed by atoms with van der Waals surface area (Å²) in [6.45, 7) is 0.507. The topological polar surface area (TPSA) is 125 Å². The second kappa shape index (κ2) is 9.44. The van der Waals surface area contributed by atoms with Crippen LogP contribution in [0.3, 0.4) is 0 Å². The van der Waals surface area contributed by atoms with Crippen LogP contribution in [0.2, 0.25) is 0 Å². The number of carbonyl (C=O) groups excluding carboxylic acids is 2. The number of primary amides is 1. The summed E-state index contributed by atoms with van der Waals surface area (Å²) in [4.78, 5) is 25.2. The highest BCUT2D eigenvalue weighted by Gasteiger charge is 2.23. The predicted octanol–water partition coefficient (Wildman–Crippen LogP) is 1.42. The number of rotatable bonds is 7. The number of hydrogen-bond donors (Lipinski definition) is 2. The van der Waals surface area contributed by atoms with Gasteiger partial charge in [-0.2, -0.15) is 10.4 Å². The van der Waals surface area contributed by atoms with Gasteiger partial charge in [0.25, 0.3) is 5.91 Å². The van der Waals surface area contributed by atoms with Crippen molar-refractivity contribution in [3.63, 3.8) is 0 Å². The Bertz CT molecular complexity index is 1280. The number of benzene rings is 2. The molecule has 0 saturated heterocycles. The second-order valence-corrected chi connectivity index (χ2v) is 7.71. The Morgan fingerprint density at radius 3 is 2.75 bits per heavy atom. The van der Waals surface area contributed by atoms with Gasteiger partial charge in [-0.1, -0.05) is 24.0 Å². The van der Waals surface area contributed by atoms with Gasteiger partial charge >= 0.3 is 0 Å². The van der Waals surface area contributed by atoms with Crippen LogP contribution in [-0.2, 0) is 11.2 Å². The van der Waals surface area contributed by atoms with Gasteiger partial charge in [-0.3, -0.25) is 9.59 Å². The van der Waals surface area contributed by atoms with E-state index in [4.69, 9.17) is 11.0 Å². The molecule has 0 fully saturated rings. The minimum Gasteiger partial charge on any atom is -0.371 e. The Morgan fingerprint density at radius 1 is 1.31 bits per heavy atom. The molecule has 0 aliphatic rings. The van der Waals surface area contributed by atoms with Gasteiger partial charge in [-0.05, 0) is 50.0 Å². The molecule has 162 valence electrons. The summed E-state index contributed by atoms with van der Waals surface area (Å²) in [6, 6.07) is 14.5. The number of aromatic nitrogens is 2. The summed E-state index contributed by atoms with van der Waals surface area (Å²) in [5.41, 5.74) is 6.49. The molecule has 2 aromatic carbocycles. The largest absolute Gasteiger partial charge is 0.371 e. The van der Waals surface area contributed by atoms with Crippen LogP contribution >= 0.6 is 0 Å². The highest BCUT2D eigenvalue weighted by atomic mass is 16.3. The zero-order valence-corrected chi connectivity index (χ0v) is 17.9. The van der Waals surface area contributed by atoms with E-state index in [9.17, 15) is 14.7 Å². The zero-order valence-electron chi connectivity index (χ0n) is 17.9. The van der Waals surface area contributed by atoms with Crippen molar-refractivity contribution in [1.82, 2.24) is 14.7 Å². The quantitative estimate of drug-likeness (QED) is 0.432. The third kappa shape index (κ3) is 5.01. The molecular formula is C24H23N5O3. The fourth-order valence-electron chi connectivity index (χ4n) is 3.19. The SMILES string of the molecule is CN(C)CC[C@@](O)(C#Cc1cccc(-n2nc(C(N)=O)c3cc(CC#N)ccc32)c1)C=O. The first-order valence-electron chi connectivity index (χ1n) is 9.92. The van der Waals surface area contributed by atoms with Crippen LogP contribution in [0.4, 0.5) is 0 Å². The van der Waals surface area contributed by atoms with E-state index < -0.39 is 11.5 Å². The first-order chi connectivity index (χ1) is 15.3. The molecule has 0 unspecified atom stereocenters. The molecule has 1 heterocycles. The molecule has 0 aliphatic heterocycles. The van der Waals surface area contributed by atoms with E-state index in [1.807, 2.05) is 19.0 Å². The Labute approximate surface area is 185 Å². The molecule has 1 atom stereocenters. The van der Waals surface area contributed by atoms with Gasteiger partial charge in [0.05, 0.1) is 23.7 Å². The molecule has 8 nitrogen and oxygen atoms in total. The molecule has 0 spiro atoms. The molecule has 1 amide bonds. The Morgan fingerprint density at radius 2 is 2.09 bits per heavy atom. The van der Waals surface area contributed by atoms with Crippen LogP contribution in [0.1, 0.15) is 28.0 Å². The normalized spacial score (nSPS) is 12.6. The fourth-order valence-corrected chi connectivity index (χ4v) is 3.19. The van der Waals surface area contributed by atoms with Gasteiger partial charge in [0.15, 0.2) is 17.6 Å². The van der Waals surface area contributed by atoms with Crippen LogP contribution in [0, 0.1) is 23.2 Å². The lowest BCUT2D eigenvalue weighted by Gasteiger charge is -2.17. The highest BCUT2D eigenvalue weighted by molar-refractivity contribution is 6.04. The number of fused-ring (bicyclic) bond motifs is 1. The lowest BCUT2D eigenvalue weighted by atomic mass is 10.0. The van der Waals surface area contributed by atoms with Gasteiger partial charge in [0.2, 0.25) is 0 Å². The maximum Gasteiger partial charge on any atom is 0.269 e. The number of hydrogen-bond acceptors (Lipinski definition) is 6. The maximum atomic E-state index is 11.9. The molecule has 0 saturated carbocycles. The number of carbonyl (C=O) groups is 2. The summed E-state index contributed by atoms with van der Waals surface area (Å²) in [5.74, 6) is 4.84. The average Bonchev–Trinajstić information content (AvgIpc) is 3.16. The molecule has 1 aromatic heterocycles. The fraction of sp³-hybridized carbons (Fsp3) is 0.250. The third-order valence-electron chi connectivity index (χ3n) is 4.91. The molecule has 0 aliphatic carbocycles. The number of aldehydes is 1. The Hall–Kier alpha value is -3.98. The smallest absolute Gasteiger partial charge is 0.269 e. The standard InChI is InChI=1S/C24H23N5O3/c1-28(2)13-11-24(32,16-30)10-8-17-4-3-5-19(14-17)29-21-7-6-18(9-12-25)15-20(21)22(27-29)23(26)31/h3-7,14-16,32H,9,11,13H2,1-2H3,(H2,26,31)/t24-/m0/s1. The van der Waals surface area contributed by atoms with Crippen molar-refractivity contribution < 1.29 is 14.7 Å². The van der Waals surface area contributed by atoms with Gasteiger partial charge in [0.1, 0.15) is 0 Å². The van der Waals surface area contributed by atoms with Crippen molar-refractivity contribution in [1.29, 1.82) is 5.26 Å². The third-order valence-corrected chi connectivity index (χ3v) is 4.91. The van der Waals surface area contributed by atoms with Crippen molar-refractivity contribution in [3.05, 3.63) is 59.3 Å². The lowest BCUT2D eigenvalue weighted by molar-refractivity contribution is -0.119. The highest BCUT2D eigenvalue weighted by Crippen LogP contribution is 2.24. The van der Waals surface area contributed by atoms with Crippen molar-refractivity contribution in [2.75, 3.05) is 20.6 Å².